The predicted octanol–water partition coefficient (Wildman–Crippen LogP) is 3.91. The van der Waals surface area contributed by atoms with Gasteiger partial charge in [0.1, 0.15) is 6.29 Å². The van der Waals surface area contributed by atoms with E-state index in [0.29, 0.717) is 6.42 Å². The van der Waals surface area contributed by atoms with Gasteiger partial charge in [-0.1, -0.05) is 60.7 Å². The lowest BCUT2D eigenvalue weighted by Gasteiger charge is -2.03. The zero-order valence-corrected chi connectivity index (χ0v) is 10.5. The summed E-state index contributed by atoms with van der Waals surface area (Å²) in [6.07, 6.45) is 5.59. The van der Waals surface area contributed by atoms with E-state index in [2.05, 4.69) is 42.5 Å². The van der Waals surface area contributed by atoms with E-state index in [-0.39, 0.29) is 0 Å². The Labute approximate surface area is 108 Å². The molecule has 0 aliphatic carbocycles. The van der Waals surface area contributed by atoms with Gasteiger partial charge < -0.3 is 4.79 Å². The van der Waals surface area contributed by atoms with Crippen molar-refractivity contribution in [3.63, 3.8) is 0 Å². The van der Waals surface area contributed by atoms with Gasteiger partial charge in [-0.15, -0.1) is 0 Å². The third-order valence-corrected chi connectivity index (χ3v) is 2.94. The minimum absolute atomic E-state index is 0.485. The van der Waals surface area contributed by atoms with Crippen LogP contribution in [-0.2, 0) is 11.2 Å². The van der Waals surface area contributed by atoms with E-state index in [0.717, 1.165) is 17.4 Å². The standard InChI is InChI=1S/C17H16O/c1-14-7-8-16(13-17(14)11-12-18)10-9-15-5-3-2-4-6-15/h2-10,12-13H,11H2,1H3. The van der Waals surface area contributed by atoms with Gasteiger partial charge in [-0.05, 0) is 29.2 Å². The summed E-state index contributed by atoms with van der Waals surface area (Å²) >= 11 is 0. The summed E-state index contributed by atoms with van der Waals surface area (Å²) in [5.41, 5.74) is 4.57. The van der Waals surface area contributed by atoms with E-state index >= 15 is 0 Å². The summed E-state index contributed by atoms with van der Waals surface area (Å²) in [5.74, 6) is 0. The molecule has 18 heavy (non-hydrogen) atoms. The largest absolute Gasteiger partial charge is 0.303 e. The molecular weight excluding hydrogens is 220 g/mol. The van der Waals surface area contributed by atoms with Crippen molar-refractivity contribution >= 4 is 18.4 Å². The molecule has 0 aromatic heterocycles. The zero-order chi connectivity index (χ0) is 12.8. The van der Waals surface area contributed by atoms with Crippen LogP contribution in [0, 0.1) is 6.92 Å². The summed E-state index contributed by atoms with van der Waals surface area (Å²) in [5, 5.41) is 0. The van der Waals surface area contributed by atoms with E-state index < -0.39 is 0 Å². The lowest BCUT2D eigenvalue weighted by atomic mass is 10.0. The highest BCUT2D eigenvalue weighted by Crippen LogP contribution is 2.14. The molecule has 2 rings (SSSR count). The van der Waals surface area contributed by atoms with Gasteiger partial charge in [0.2, 0.25) is 0 Å². The molecule has 0 aliphatic rings. The molecule has 2 aromatic rings. The van der Waals surface area contributed by atoms with Crippen LogP contribution in [-0.4, -0.2) is 6.29 Å². The molecule has 1 heteroatoms. The smallest absolute Gasteiger partial charge is 0.124 e. The first-order chi connectivity index (χ1) is 8.79. The normalized spacial score (nSPS) is 10.7. The topological polar surface area (TPSA) is 17.1 Å². The molecule has 0 bridgehead atoms. The number of hydrogen-bond donors (Lipinski definition) is 0. The summed E-state index contributed by atoms with van der Waals surface area (Å²) in [6.45, 7) is 2.03. The summed E-state index contributed by atoms with van der Waals surface area (Å²) in [6, 6.07) is 16.4. The molecule has 0 unspecified atom stereocenters. The number of hydrogen-bond acceptors (Lipinski definition) is 1. The highest BCUT2D eigenvalue weighted by Gasteiger charge is 1.98. The Balaban J connectivity index is 2.22. The second-order valence-corrected chi connectivity index (χ2v) is 4.30. The molecule has 2 aromatic carbocycles. The van der Waals surface area contributed by atoms with Crippen LogP contribution in [0.15, 0.2) is 48.5 Å². The third kappa shape index (κ3) is 3.17. The fraction of sp³-hybridized carbons (Fsp3) is 0.118. The van der Waals surface area contributed by atoms with Crippen molar-refractivity contribution < 1.29 is 4.79 Å². The summed E-state index contributed by atoms with van der Waals surface area (Å²) in [4.78, 5) is 10.6. The van der Waals surface area contributed by atoms with Crippen molar-refractivity contribution in [2.24, 2.45) is 0 Å². The average molecular weight is 236 g/mol. The molecule has 0 spiro atoms. The van der Waals surface area contributed by atoms with Crippen molar-refractivity contribution in [3.05, 3.63) is 70.8 Å². The Morgan fingerprint density at radius 3 is 2.39 bits per heavy atom. The Morgan fingerprint density at radius 1 is 0.944 bits per heavy atom. The maximum Gasteiger partial charge on any atom is 0.124 e. The number of aldehydes is 1. The van der Waals surface area contributed by atoms with Crippen LogP contribution in [0.25, 0.3) is 12.2 Å². The van der Waals surface area contributed by atoms with Gasteiger partial charge in [-0.3, -0.25) is 0 Å². The SMILES string of the molecule is Cc1ccc(C=Cc2ccccc2)cc1CC=O. The van der Waals surface area contributed by atoms with Crippen molar-refractivity contribution in [1.29, 1.82) is 0 Å². The van der Waals surface area contributed by atoms with Crippen LogP contribution in [0.4, 0.5) is 0 Å². The Kier molecular flexibility index (Phi) is 4.08. The third-order valence-electron chi connectivity index (χ3n) is 2.94. The number of aryl methyl sites for hydroxylation is 1. The first-order valence-electron chi connectivity index (χ1n) is 6.06. The molecule has 0 atom stereocenters. The Hall–Kier alpha value is -2.15. The van der Waals surface area contributed by atoms with Gasteiger partial charge >= 0.3 is 0 Å². The van der Waals surface area contributed by atoms with Crippen molar-refractivity contribution in [2.75, 3.05) is 0 Å². The minimum Gasteiger partial charge on any atom is -0.303 e. The van der Waals surface area contributed by atoms with Gasteiger partial charge in [0.15, 0.2) is 0 Å². The second-order valence-electron chi connectivity index (χ2n) is 4.30. The van der Waals surface area contributed by atoms with Crippen LogP contribution in [0.5, 0.6) is 0 Å². The van der Waals surface area contributed by atoms with E-state index in [1.807, 2.05) is 25.1 Å². The fourth-order valence-corrected chi connectivity index (χ4v) is 1.86. The number of carbonyl (C=O) groups excluding carboxylic acids is 1. The van der Waals surface area contributed by atoms with Gasteiger partial charge in [-0.2, -0.15) is 0 Å². The fourth-order valence-electron chi connectivity index (χ4n) is 1.86. The van der Waals surface area contributed by atoms with Crippen LogP contribution < -0.4 is 0 Å². The number of carbonyl (C=O) groups is 1. The molecule has 0 fully saturated rings. The quantitative estimate of drug-likeness (QED) is 0.581. The first kappa shape index (κ1) is 12.3. The van der Waals surface area contributed by atoms with Crippen LogP contribution >= 0.6 is 0 Å². The van der Waals surface area contributed by atoms with Crippen LogP contribution in [0.1, 0.15) is 22.3 Å². The van der Waals surface area contributed by atoms with E-state index in [1.165, 1.54) is 11.1 Å². The maximum atomic E-state index is 10.6. The lowest BCUT2D eigenvalue weighted by Crippen LogP contribution is -1.91. The van der Waals surface area contributed by atoms with Crippen LogP contribution in [0.2, 0.25) is 0 Å². The first-order valence-corrected chi connectivity index (χ1v) is 6.06. The highest BCUT2D eigenvalue weighted by atomic mass is 16.1. The second kappa shape index (κ2) is 5.97. The van der Waals surface area contributed by atoms with E-state index in [9.17, 15) is 4.79 Å². The number of rotatable bonds is 4. The monoisotopic (exact) mass is 236 g/mol. The molecule has 0 saturated carbocycles. The highest BCUT2D eigenvalue weighted by molar-refractivity contribution is 5.70. The minimum atomic E-state index is 0.485. The summed E-state index contributed by atoms with van der Waals surface area (Å²) < 4.78 is 0. The van der Waals surface area contributed by atoms with Gasteiger partial charge in [0.25, 0.3) is 0 Å². The van der Waals surface area contributed by atoms with Gasteiger partial charge in [-0.25, -0.2) is 0 Å². The van der Waals surface area contributed by atoms with E-state index in [1.54, 1.807) is 0 Å². The predicted molar refractivity (Wildman–Crippen MR) is 76.3 cm³/mol. The molecule has 90 valence electrons. The van der Waals surface area contributed by atoms with Crippen molar-refractivity contribution in [1.82, 2.24) is 0 Å². The number of benzene rings is 2. The van der Waals surface area contributed by atoms with Crippen molar-refractivity contribution in [3.8, 4) is 0 Å². The van der Waals surface area contributed by atoms with Gasteiger partial charge in [0.05, 0.1) is 0 Å². The Morgan fingerprint density at radius 2 is 1.67 bits per heavy atom. The molecule has 0 amide bonds. The summed E-state index contributed by atoms with van der Waals surface area (Å²) in [7, 11) is 0. The molecule has 0 saturated heterocycles. The molecule has 0 aliphatic heterocycles. The van der Waals surface area contributed by atoms with Gasteiger partial charge in [0, 0.05) is 6.42 Å². The maximum absolute atomic E-state index is 10.6. The Bertz CT molecular complexity index is 553. The lowest BCUT2D eigenvalue weighted by molar-refractivity contribution is -0.107. The molecule has 0 N–H and O–H groups in total. The molecule has 0 radical (unpaired) electrons. The van der Waals surface area contributed by atoms with Crippen molar-refractivity contribution in [2.45, 2.75) is 13.3 Å². The van der Waals surface area contributed by atoms with E-state index in [4.69, 9.17) is 0 Å². The van der Waals surface area contributed by atoms with Crippen LogP contribution in [0.3, 0.4) is 0 Å². The molecule has 1 nitrogen and oxygen atoms in total. The average Bonchev–Trinajstić information content (AvgIpc) is 2.41. The molecule has 0 heterocycles. The zero-order valence-electron chi connectivity index (χ0n) is 10.5. The molecular formula is C17H16O.